The van der Waals surface area contributed by atoms with Crippen LogP contribution in [0, 0.1) is 29.0 Å². The Bertz CT molecular complexity index is 1800. The van der Waals surface area contributed by atoms with E-state index in [1.165, 1.54) is 6.07 Å². The van der Waals surface area contributed by atoms with Gasteiger partial charge in [0.25, 0.3) is 0 Å². The third-order valence-corrected chi connectivity index (χ3v) is 8.59. The molecule has 0 N–H and O–H groups in total. The van der Waals surface area contributed by atoms with E-state index in [1.807, 2.05) is 25.3 Å². The van der Waals surface area contributed by atoms with Crippen molar-refractivity contribution in [2.45, 2.75) is 116 Å². The zero-order valence-corrected chi connectivity index (χ0v) is 28.0. The van der Waals surface area contributed by atoms with E-state index in [-0.39, 0.29) is 41.3 Å². The Kier molecular flexibility index (Phi) is 8.41. The van der Waals surface area contributed by atoms with Crippen molar-refractivity contribution >= 4 is 29.0 Å². The lowest BCUT2D eigenvalue weighted by Gasteiger charge is -2.32. The van der Waals surface area contributed by atoms with E-state index in [2.05, 4.69) is 22.9 Å². The Labute approximate surface area is 274 Å². The number of hydrogen-bond acceptors (Lipinski definition) is 7. The van der Waals surface area contributed by atoms with Crippen molar-refractivity contribution in [2.75, 3.05) is 18.0 Å². The quantitative estimate of drug-likeness (QED) is 0.286. The van der Waals surface area contributed by atoms with Gasteiger partial charge in [-0.1, -0.05) is 18.8 Å². The van der Waals surface area contributed by atoms with Crippen LogP contribution in [0.5, 0.6) is 0 Å². The second-order valence-electron chi connectivity index (χ2n) is 14.7. The van der Waals surface area contributed by atoms with Crippen molar-refractivity contribution in [1.29, 1.82) is 5.26 Å². The van der Waals surface area contributed by atoms with Crippen LogP contribution >= 0.6 is 0 Å². The highest BCUT2D eigenvalue weighted by atomic mass is 19.1. The number of likely N-dealkylation sites (tertiary alicyclic amines) is 1. The first-order valence-electron chi connectivity index (χ1n) is 16.4. The van der Waals surface area contributed by atoms with Crippen LogP contribution in [0.15, 0.2) is 18.5 Å². The molecule has 3 aromatic rings. The summed E-state index contributed by atoms with van der Waals surface area (Å²) in [6, 6.07) is 5.09. The number of carbonyl (C=O) groups excluding carboxylic acids is 2. The molecule has 47 heavy (non-hydrogen) atoms. The molecule has 12 heteroatoms. The molecule has 6 rings (SSSR count). The fraction of sp³-hybridized carbons (Fsp3) is 0.571. The predicted octanol–water partition coefficient (Wildman–Crippen LogP) is 6.84. The topological polar surface area (TPSA) is 119 Å². The van der Waals surface area contributed by atoms with Crippen LogP contribution in [0.2, 0.25) is 0 Å². The molecule has 0 spiro atoms. The summed E-state index contributed by atoms with van der Waals surface area (Å²) in [5.41, 5.74) is 0.277. The third kappa shape index (κ3) is 6.92. The summed E-state index contributed by atoms with van der Waals surface area (Å²) in [7, 11) is 0. The normalized spacial score (nSPS) is 18.6. The molecule has 0 bridgehead atoms. The molecule has 0 radical (unpaired) electrons. The fourth-order valence-corrected chi connectivity index (χ4v) is 6.33. The SMILES string of the molecule is CC(C)(C)OC(=O)N1CC[C@H](n2nc(C#Cc3cc4ncn(C5CC5)c4cc3F)c(C#N)c2N(C(=O)OC(C)(C)C)C2CCCC2)C1. The molecule has 248 valence electrons. The Morgan fingerprint density at radius 3 is 2.32 bits per heavy atom. The number of ether oxygens (including phenoxy) is 2. The van der Waals surface area contributed by atoms with Gasteiger partial charge in [0.2, 0.25) is 0 Å². The molecule has 1 atom stereocenters. The number of anilines is 1. The van der Waals surface area contributed by atoms with Crippen molar-refractivity contribution in [1.82, 2.24) is 24.2 Å². The van der Waals surface area contributed by atoms with Gasteiger partial charge in [0, 0.05) is 31.2 Å². The van der Waals surface area contributed by atoms with E-state index in [1.54, 1.807) is 47.6 Å². The lowest BCUT2D eigenvalue weighted by molar-refractivity contribution is 0.0287. The van der Waals surface area contributed by atoms with E-state index >= 15 is 4.39 Å². The summed E-state index contributed by atoms with van der Waals surface area (Å²) in [5, 5.41) is 15.4. The molecule has 3 aliphatic rings. The summed E-state index contributed by atoms with van der Waals surface area (Å²) in [4.78, 5) is 34.5. The summed E-state index contributed by atoms with van der Waals surface area (Å²) in [6.07, 6.45) is 6.68. The van der Waals surface area contributed by atoms with Crippen molar-refractivity contribution in [2.24, 2.45) is 0 Å². The van der Waals surface area contributed by atoms with E-state index in [4.69, 9.17) is 14.6 Å². The number of amides is 2. The van der Waals surface area contributed by atoms with E-state index in [9.17, 15) is 14.9 Å². The summed E-state index contributed by atoms with van der Waals surface area (Å²) < 4.78 is 30.5. The number of imidazole rings is 1. The molecule has 2 aromatic heterocycles. The van der Waals surface area contributed by atoms with Gasteiger partial charge in [-0.2, -0.15) is 10.4 Å². The minimum Gasteiger partial charge on any atom is -0.444 e. The standard InChI is InChI=1S/C35H42FN7O4/c1-34(2,3)46-32(44)40-16-15-25(20-40)43-31(42(24-9-7-8-10-24)33(45)47-35(4,5)6)26(19-37)28(39-43)14-11-22-17-29-30(18-27(22)36)41(21-38-29)23-12-13-23/h17-18,21,23-25H,7-10,12-13,15-16,20H2,1-6H3/t25-/m0/s1. The van der Waals surface area contributed by atoms with Crippen LogP contribution in [0.25, 0.3) is 11.0 Å². The summed E-state index contributed by atoms with van der Waals surface area (Å²) in [5.74, 6) is 5.63. The Morgan fingerprint density at radius 2 is 1.68 bits per heavy atom. The maximum Gasteiger partial charge on any atom is 0.416 e. The van der Waals surface area contributed by atoms with Crippen LogP contribution in [0.1, 0.15) is 115 Å². The molecule has 1 aromatic carbocycles. The van der Waals surface area contributed by atoms with E-state index < -0.39 is 29.2 Å². The van der Waals surface area contributed by atoms with Gasteiger partial charge in [-0.15, -0.1) is 0 Å². The number of hydrogen-bond donors (Lipinski definition) is 0. The summed E-state index contributed by atoms with van der Waals surface area (Å²) in [6.45, 7) is 11.5. The smallest absolute Gasteiger partial charge is 0.416 e. The zero-order valence-electron chi connectivity index (χ0n) is 28.0. The van der Waals surface area contributed by atoms with Crippen molar-refractivity contribution in [3.8, 4) is 17.9 Å². The first-order chi connectivity index (χ1) is 22.2. The largest absolute Gasteiger partial charge is 0.444 e. The van der Waals surface area contributed by atoms with Crippen molar-refractivity contribution in [3.63, 3.8) is 0 Å². The van der Waals surface area contributed by atoms with Gasteiger partial charge < -0.3 is 18.9 Å². The Balaban J connectivity index is 1.43. The average molecular weight is 644 g/mol. The molecule has 0 unspecified atom stereocenters. The predicted molar refractivity (Wildman–Crippen MR) is 173 cm³/mol. The highest BCUT2D eigenvalue weighted by Gasteiger charge is 2.40. The van der Waals surface area contributed by atoms with Gasteiger partial charge in [0.1, 0.15) is 28.7 Å². The Hall–Kier alpha value is -4.58. The zero-order chi connectivity index (χ0) is 33.7. The van der Waals surface area contributed by atoms with Gasteiger partial charge in [-0.3, -0.25) is 4.90 Å². The molecule has 1 saturated heterocycles. The molecule has 2 aliphatic carbocycles. The maximum atomic E-state index is 15.4. The number of aromatic nitrogens is 4. The second-order valence-corrected chi connectivity index (χ2v) is 14.7. The van der Waals surface area contributed by atoms with Crippen LogP contribution in [0.3, 0.4) is 0 Å². The lowest BCUT2D eigenvalue weighted by atomic mass is 10.1. The molecule has 2 amide bonds. The molecule has 3 heterocycles. The lowest BCUT2D eigenvalue weighted by Crippen LogP contribution is -2.44. The minimum absolute atomic E-state index is 0.102. The fourth-order valence-electron chi connectivity index (χ4n) is 6.33. The summed E-state index contributed by atoms with van der Waals surface area (Å²) >= 11 is 0. The van der Waals surface area contributed by atoms with Crippen molar-refractivity contribution < 1.29 is 23.5 Å². The molecule has 1 aliphatic heterocycles. The van der Waals surface area contributed by atoms with Gasteiger partial charge in [-0.25, -0.2) is 23.6 Å². The first kappa shape index (κ1) is 32.4. The molecular formula is C35H42FN7O4. The molecule has 2 saturated carbocycles. The molecular weight excluding hydrogens is 601 g/mol. The first-order valence-corrected chi connectivity index (χ1v) is 16.4. The monoisotopic (exact) mass is 643 g/mol. The number of benzene rings is 1. The van der Waals surface area contributed by atoms with Crippen LogP contribution < -0.4 is 4.90 Å². The number of carbonyl (C=O) groups is 2. The molecule has 11 nitrogen and oxygen atoms in total. The van der Waals surface area contributed by atoms with E-state index in [0.29, 0.717) is 24.5 Å². The van der Waals surface area contributed by atoms with Gasteiger partial charge in [0.05, 0.1) is 29.0 Å². The highest BCUT2D eigenvalue weighted by Crippen LogP contribution is 2.38. The third-order valence-electron chi connectivity index (χ3n) is 8.59. The van der Waals surface area contributed by atoms with Crippen LogP contribution in [-0.4, -0.2) is 66.8 Å². The van der Waals surface area contributed by atoms with Gasteiger partial charge in [0.15, 0.2) is 11.5 Å². The maximum absolute atomic E-state index is 15.4. The van der Waals surface area contributed by atoms with E-state index in [0.717, 1.165) is 44.0 Å². The Morgan fingerprint density at radius 1 is 0.979 bits per heavy atom. The minimum atomic E-state index is -0.780. The molecule has 3 fully saturated rings. The van der Waals surface area contributed by atoms with Gasteiger partial charge in [-0.05, 0) is 85.6 Å². The highest BCUT2D eigenvalue weighted by molar-refractivity contribution is 5.90. The number of halogens is 1. The average Bonchev–Trinajstić information content (AvgIpc) is 3.37. The number of nitrogens with zero attached hydrogens (tertiary/aromatic N) is 7. The van der Waals surface area contributed by atoms with Crippen LogP contribution in [0.4, 0.5) is 19.8 Å². The van der Waals surface area contributed by atoms with Crippen molar-refractivity contribution in [3.05, 3.63) is 41.1 Å². The van der Waals surface area contributed by atoms with Crippen LogP contribution in [-0.2, 0) is 9.47 Å². The van der Waals surface area contributed by atoms with Gasteiger partial charge >= 0.3 is 12.2 Å². The number of rotatable bonds is 4. The number of nitriles is 1. The second kappa shape index (κ2) is 12.2. The number of fused-ring (bicyclic) bond motifs is 1.